The van der Waals surface area contributed by atoms with Gasteiger partial charge in [0, 0.05) is 37.3 Å². The first kappa shape index (κ1) is 26.6. The molecule has 0 unspecified atom stereocenters. The number of hydrogen-bond acceptors (Lipinski definition) is 8. The van der Waals surface area contributed by atoms with Gasteiger partial charge in [0.25, 0.3) is 20.1 Å². The van der Waals surface area contributed by atoms with Gasteiger partial charge in [0.05, 0.1) is 22.9 Å². The zero-order valence-electron chi connectivity index (χ0n) is 21.9. The normalized spacial score (nSPS) is 15.7. The summed E-state index contributed by atoms with van der Waals surface area (Å²) in [4.78, 5) is 11.7. The average Bonchev–Trinajstić information content (AvgIpc) is 3.55. The molecule has 1 fully saturated rings. The first-order chi connectivity index (χ1) is 19.2. The van der Waals surface area contributed by atoms with Crippen LogP contribution in [0.1, 0.15) is 30.3 Å². The van der Waals surface area contributed by atoms with Crippen LogP contribution >= 0.6 is 0 Å². The highest BCUT2D eigenvalue weighted by Crippen LogP contribution is 2.34. The lowest BCUT2D eigenvalue weighted by Crippen LogP contribution is -2.34. The van der Waals surface area contributed by atoms with Gasteiger partial charge in [0.1, 0.15) is 17.9 Å². The predicted octanol–water partition coefficient (Wildman–Crippen LogP) is 3.94. The molecular formula is C28H29N5O5S2. The van der Waals surface area contributed by atoms with E-state index in [9.17, 15) is 16.8 Å². The number of imidazole rings is 1. The van der Waals surface area contributed by atoms with Crippen LogP contribution in [0.2, 0.25) is 0 Å². The Morgan fingerprint density at radius 1 is 0.925 bits per heavy atom. The third kappa shape index (κ3) is 5.15. The lowest BCUT2D eigenvalue weighted by molar-refractivity contribution is 0.176. The Morgan fingerprint density at radius 3 is 2.27 bits per heavy atom. The maximum atomic E-state index is 13.4. The minimum absolute atomic E-state index is 0.0230. The van der Waals surface area contributed by atoms with Crippen molar-refractivity contribution in [2.24, 2.45) is 0 Å². The Morgan fingerprint density at radius 2 is 1.60 bits per heavy atom. The van der Waals surface area contributed by atoms with Crippen LogP contribution in [-0.2, 0) is 37.5 Å². The molecule has 0 atom stereocenters. The van der Waals surface area contributed by atoms with Crippen molar-refractivity contribution in [2.75, 3.05) is 19.3 Å². The summed E-state index contributed by atoms with van der Waals surface area (Å²) in [7, 11) is -7.57. The molecule has 0 spiro atoms. The Bertz CT molecular complexity index is 1880. The molecule has 1 saturated heterocycles. The Hall–Kier alpha value is -3.58. The van der Waals surface area contributed by atoms with Crippen LogP contribution < -0.4 is 0 Å². The molecule has 12 heteroatoms. The minimum Gasteiger partial charge on any atom is -0.322 e. The van der Waals surface area contributed by atoms with Crippen LogP contribution in [0.15, 0.2) is 84.0 Å². The number of benzene rings is 2. The van der Waals surface area contributed by atoms with E-state index in [2.05, 4.69) is 22.0 Å². The number of nitrogens with zero attached hydrogens (tertiary/aromatic N) is 5. The second-order valence-corrected chi connectivity index (χ2v) is 13.5. The largest absolute Gasteiger partial charge is 0.322 e. The molecule has 6 rings (SSSR count). The van der Waals surface area contributed by atoms with Gasteiger partial charge in [-0.2, -0.15) is 8.42 Å². The van der Waals surface area contributed by atoms with Gasteiger partial charge in [0.2, 0.25) is 0 Å². The number of likely N-dealkylation sites (tertiary alicyclic amines) is 1. The molecule has 208 valence electrons. The van der Waals surface area contributed by atoms with Crippen LogP contribution in [0.5, 0.6) is 0 Å². The first-order valence-corrected chi connectivity index (χ1v) is 16.2. The second-order valence-electron chi connectivity index (χ2n) is 10.0. The fraction of sp³-hybridized carbons (Fsp3) is 0.286. The van der Waals surface area contributed by atoms with Gasteiger partial charge in [-0.05, 0) is 36.6 Å². The van der Waals surface area contributed by atoms with E-state index in [0.717, 1.165) is 44.2 Å². The Balaban J connectivity index is 1.40. The van der Waals surface area contributed by atoms with Crippen molar-refractivity contribution in [3.63, 3.8) is 0 Å². The molecule has 10 nitrogen and oxygen atoms in total. The molecule has 3 aromatic heterocycles. The first-order valence-electron chi connectivity index (χ1n) is 13.0. The van der Waals surface area contributed by atoms with E-state index in [1.165, 1.54) is 15.7 Å². The highest BCUT2D eigenvalue weighted by Gasteiger charge is 2.28. The molecular weight excluding hydrogens is 550 g/mol. The molecule has 40 heavy (non-hydrogen) atoms. The Kier molecular flexibility index (Phi) is 6.95. The van der Waals surface area contributed by atoms with Gasteiger partial charge in [-0.3, -0.25) is 9.08 Å². The van der Waals surface area contributed by atoms with E-state index >= 15 is 0 Å². The summed E-state index contributed by atoms with van der Waals surface area (Å²) in [5.74, 6) is 0.468. The van der Waals surface area contributed by atoms with Gasteiger partial charge >= 0.3 is 0 Å². The summed E-state index contributed by atoms with van der Waals surface area (Å²) in [5.41, 5.74) is 2.82. The third-order valence-electron chi connectivity index (χ3n) is 7.27. The standard InChI is InChI=1S/C28H29N5O5S2/c1-39(34,35)38-20-26-30-25-18-29-28-24(14-17-32(28)40(36,37)23-10-6-3-7-11-23)27(25)33(26)22-12-15-31(16-13-22)19-21-8-4-2-5-9-21/h2-11,14,17-18,22H,12-13,15-16,19-20H2,1H3. The van der Waals surface area contributed by atoms with E-state index in [0.29, 0.717) is 16.7 Å². The van der Waals surface area contributed by atoms with E-state index < -0.39 is 20.1 Å². The fourth-order valence-electron chi connectivity index (χ4n) is 5.43. The lowest BCUT2D eigenvalue weighted by atomic mass is 10.0. The topological polar surface area (TPSA) is 116 Å². The van der Waals surface area contributed by atoms with Crippen molar-refractivity contribution >= 4 is 42.2 Å². The summed E-state index contributed by atoms with van der Waals surface area (Å²) in [6, 6.07) is 20.3. The summed E-state index contributed by atoms with van der Waals surface area (Å²) in [5, 5.41) is 0.627. The molecule has 5 aromatic rings. The number of rotatable bonds is 8. The monoisotopic (exact) mass is 579 g/mol. The molecule has 0 amide bonds. The van der Waals surface area contributed by atoms with Crippen molar-refractivity contribution < 1.29 is 21.0 Å². The molecule has 2 aromatic carbocycles. The van der Waals surface area contributed by atoms with Crippen LogP contribution in [0, 0.1) is 0 Å². The number of pyridine rings is 1. The van der Waals surface area contributed by atoms with Crippen molar-refractivity contribution in [1.82, 2.24) is 23.4 Å². The molecule has 1 aliphatic heterocycles. The summed E-state index contributed by atoms with van der Waals surface area (Å²) in [6.07, 6.45) is 5.69. The van der Waals surface area contributed by atoms with E-state index in [4.69, 9.17) is 9.17 Å². The number of aromatic nitrogens is 4. The van der Waals surface area contributed by atoms with E-state index in [1.807, 2.05) is 22.8 Å². The summed E-state index contributed by atoms with van der Waals surface area (Å²) >= 11 is 0. The minimum atomic E-state index is -3.87. The second kappa shape index (κ2) is 10.4. The van der Waals surface area contributed by atoms with Crippen molar-refractivity contribution in [2.45, 2.75) is 36.9 Å². The highest BCUT2D eigenvalue weighted by atomic mass is 32.2. The number of hydrogen-bond donors (Lipinski definition) is 0. The SMILES string of the molecule is CS(=O)(=O)OCc1nc2cnc3c(ccn3S(=O)(=O)c3ccccc3)c2n1C1CCN(Cc2ccccc2)CC1. The number of fused-ring (bicyclic) bond motifs is 3. The maximum Gasteiger partial charge on any atom is 0.269 e. The van der Waals surface area contributed by atoms with Gasteiger partial charge in [-0.15, -0.1) is 0 Å². The molecule has 0 saturated carbocycles. The van der Waals surface area contributed by atoms with Crippen LogP contribution in [0.4, 0.5) is 0 Å². The molecule has 0 aliphatic carbocycles. The van der Waals surface area contributed by atoms with Gasteiger partial charge in [-0.1, -0.05) is 48.5 Å². The summed E-state index contributed by atoms with van der Waals surface area (Å²) < 4.78 is 58.9. The lowest BCUT2D eigenvalue weighted by Gasteiger charge is -2.33. The van der Waals surface area contributed by atoms with Gasteiger partial charge in [-0.25, -0.2) is 22.4 Å². The molecule has 0 N–H and O–H groups in total. The summed E-state index contributed by atoms with van der Waals surface area (Å²) in [6.45, 7) is 2.34. The zero-order chi connectivity index (χ0) is 27.9. The molecule has 0 radical (unpaired) electrons. The van der Waals surface area contributed by atoms with Crippen molar-refractivity contribution in [3.8, 4) is 0 Å². The smallest absolute Gasteiger partial charge is 0.269 e. The predicted molar refractivity (Wildman–Crippen MR) is 152 cm³/mol. The fourth-order valence-corrected chi connectivity index (χ4v) is 7.07. The van der Waals surface area contributed by atoms with Crippen LogP contribution in [0.25, 0.3) is 22.1 Å². The van der Waals surface area contributed by atoms with Crippen LogP contribution in [-0.4, -0.2) is 59.6 Å². The quantitative estimate of drug-likeness (QED) is 0.254. The molecule has 4 heterocycles. The van der Waals surface area contributed by atoms with Gasteiger partial charge in [0.15, 0.2) is 5.65 Å². The number of piperidine rings is 1. The zero-order valence-corrected chi connectivity index (χ0v) is 23.6. The molecule has 1 aliphatic rings. The Labute approximate surface area is 233 Å². The highest BCUT2D eigenvalue weighted by molar-refractivity contribution is 7.90. The van der Waals surface area contributed by atoms with Crippen molar-refractivity contribution in [3.05, 3.63) is 90.5 Å². The molecule has 0 bridgehead atoms. The van der Waals surface area contributed by atoms with E-state index in [1.54, 1.807) is 42.6 Å². The van der Waals surface area contributed by atoms with Crippen molar-refractivity contribution in [1.29, 1.82) is 0 Å². The van der Waals surface area contributed by atoms with Gasteiger partial charge < -0.3 is 4.57 Å². The average molecular weight is 580 g/mol. The van der Waals surface area contributed by atoms with E-state index in [-0.39, 0.29) is 23.2 Å². The van der Waals surface area contributed by atoms with Crippen LogP contribution in [0.3, 0.4) is 0 Å². The third-order valence-corrected chi connectivity index (χ3v) is 9.50. The maximum absolute atomic E-state index is 13.4.